The van der Waals surface area contributed by atoms with Gasteiger partial charge in [-0.15, -0.1) is 0 Å². The summed E-state index contributed by atoms with van der Waals surface area (Å²) in [6, 6.07) is 18.3. The maximum Gasteiger partial charge on any atom is 0.318 e. The van der Waals surface area contributed by atoms with Gasteiger partial charge in [-0.3, -0.25) is 4.90 Å². The fourth-order valence-electron chi connectivity index (χ4n) is 4.07. The lowest BCUT2D eigenvalue weighted by molar-refractivity contribution is 0.200. The molecule has 0 aliphatic carbocycles. The second-order valence-electron chi connectivity index (χ2n) is 7.40. The molecule has 1 aliphatic rings. The lowest BCUT2D eigenvalue weighted by atomic mass is 10.0. The summed E-state index contributed by atoms with van der Waals surface area (Å²) in [5, 5.41) is 2.68. The number of rotatable bonds is 6. The molecule has 0 unspecified atom stereocenters. The molecule has 28 heavy (non-hydrogen) atoms. The van der Waals surface area contributed by atoms with E-state index < -0.39 is 0 Å². The molecule has 1 aromatic heterocycles. The minimum Gasteiger partial charge on any atom is -0.464 e. The minimum absolute atomic E-state index is 0.468. The van der Waals surface area contributed by atoms with Gasteiger partial charge in [-0.05, 0) is 49.2 Å². The summed E-state index contributed by atoms with van der Waals surface area (Å²) in [7, 11) is 2.25. The van der Waals surface area contributed by atoms with Crippen molar-refractivity contribution in [1.82, 2.24) is 14.9 Å². The number of aromatic nitrogens is 2. The van der Waals surface area contributed by atoms with Crippen LogP contribution in [0.5, 0.6) is 6.01 Å². The van der Waals surface area contributed by atoms with E-state index in [0.29, 0.717) is 18.7 Å². The van der Waals surface area contributed by atoms with Crippen molar-refractivity contribution in [3.05, 3.63) is 60.3 Å². The number of hydrogen-bond acceptors (Lipinski definition) is 5. The molecule has 0 N–H and O–H groups in total. The number of nitrogens with zero attached hydrogens (tertiary/aromatic N) is 4. The quantitative estimate of drug-likeness (QED) is 0.647. The van der Waals surface area contributed by atoms with Crippen LogP contribution >= 0.6 is 0 Å². The Balaban J connectivity index is 1.39. The van der Waals surface area contributed by atoms with Crippen LogP contribution in [0.15, 0.2) is 54.7 Å². The second-order valence-corrected chi connectivity index (χ2v) is 7.40. The molecule has 3 aromatic rings. The molecule has 0 radical (unpaired) electrons. The molecular weight excluding hydrogens is 348 g/mol. The first-order valence-corrected chi connectivity index (χ1v) is 10.1. The van der Waals surface area contributed by atoms with Crippen LogP contribution in [0.25, 0.3) is 10.8 Å². The molecule has 0 saturated carbocycles. The molecule has 0 amide bonds. The highest BCUT2D eigenvalue weighted by atomic mass is 16.5. The summed E-state index contributed by atoms with van der Waals surface area (Å²) in [4.78, 5) is 13.6. The topological polar surface area (TPSA) is 41.5 Å². The highest BCUT2D eigenvalue weighted by Gasteiger charge is 2.24. The van der Waals surface area contributed by atoms with Crippen LogP contribution in [-0.2, 0) is 6.54 Å². The molecule has 5 heteroatoms. The molecule has 1 fully saturated rings. The molecule has 0 atom stereocenters. The molecule has 146 valence electrons. The number of fused-ring (bicyclic) bond motifs is 1. The van der Waals surface area contributed by atoms with Crippen LogP contribution in [0.1, 0.15) is 25.3 Å². The first-order chi connectivity index (χ1) is 13.7. The monoisotopic (exact) mass is 376 g/mol. The average molecular weight is 377 g/mol. The van der Waals surface area contributed by atoms with Crippen LogP contribution in [0.2, 0.25) is 0 Å². The summed E-state index contributed by atoms with van der Waals surface area (Å²) in [6.45, 7) is 5.53. The van der Waals surface area contributed by atoms with Gasteiger partial charge in [0, 0.05) is 31.9 Å². The Morgan fingerprint density at radius 3 is 2.68 bits per heavy atom. The highest BCUT2D eigenvalue weighted by Crippen LogP contribution is 2.25. The largest absolute Gasteiger partial charge is 0.464 e. The van der Waals surface area contributed by atoms with E-state index >= 15 is 0 Å². The van der Waals surface area contributed by atoms with Crippen molar-refractivity contribution in [3.8, 4) is 6.01 Å². The Morgan fingerprint density at radius 1 is 1.07 bits per heavy atom. The number of piperidine rings is 1. The summed E-state index contributed by atoms with van der Waals surface area (Å²) in [5.74, 6) is 0.966. The number of anilines is 1. The van der Waals surface area contributed by atoms with Gasteiger partial charge >= 0.3 is 6.01 Å². The summed E-state index contributed by atoms with van der Waals surface area (Å²) in [6.07, 6.45) is 4.05. The molecule has 2 heterocycles. The van der Waals surface area contributed by atoms with Crippen LogP contribution in [0.4, 0.5) is 5.82 Å². The fourth-order valence-corrected chi connectivity index (χ4v) is 4.07. The van der Waals surface area contributed by atoms with E-state index in [2.05, 4.69) is 69.3 Å². The summed E-state index contributed by atoms with van der Waals surface area (Å²) in [5.41, 5.74) is 1.40. The van der Waals surface area contributed by atoms with Crippen molar-refractivity contribution >= 4 is 16.6 Å². The number of ether oxygens (including phenoxy) is 1. The van der Waals surface area contributed by atoms with Crippen LogP contribution < -0.4 is 9.64 Å². The van der Waals surface area contributed by atoms with Gasteiger partial charge in [-0.2, -0.15) is 4.98 Å². The molecule has 5 nitrogen and oxygen atoms in total. The normalized spacial score (nSPS) is 15.3. The minimum atomic E-state index is 0.468. The van der Waals surface area contributed by atoms with Gasteiger partial charge in [-0.25, -0.2) is 4.98 Å². The Labute approximate surface area is 167 Å². The smallest absolute Gasteiger partial charge is 0.318 e. The van der Waals surface area contributed by atoms with E-state index in [1.54, 1.807) is 6.20 Å². The van der Waals surface area contributed by atoms with E-state index in [9.17, 15) is 0 Å². The van der Waals surface area contributed by atoms with Gasteiger partial charge in [0.25, 0.3) is 0 Å². The van der Waals surface area contributed by atoms with E-state index in [4.69, 9.17) is 4.74 Å². The standard InChI is InChI=1S/C23H28N4O/c1-3-28-23-24-14-11-22(25-23)27-15-12-20(13-16-27)26(2)17-19-9-6-8-18-7-4-5-10-21(18)19/h4-11,14,20H,3,12-13,15-17H2,1-2H3. The summed E-state index contributed by atoms with van der Waals surface area (Å²) < 4.78 is 5.44. The predicted molar refractivity (Wildman–Crippen MR) is 114 cm³/mol. The maximum absolute atomic E-state index is 5.44. The van der Waals surface area contributed by atoms with Crippen LogP contribution in [-0.4, -0.2) is 47.7 Å². The van der Waals surface area contributed by atoms with Crippen molar-refractivity contribution in [2.75, 3.05) is 31.6 Å². The molecule has 0 spiro atoms. The van der Waals surface area contributed by atoms with Gasteiger partial charge in [0.1, 0.15) is 5.82 Å². The van der Waals surface area contributed by atoms with E-state index in [-0.39, 0.29) is 0 Å². The van der Waals surface area contributed by atoms with Crippen LogP contribution in [0, 0.1) is 0 Å². The Kier molecular flexibility index (Phi) is 5.72. The lowest BCUT2D eigenvalue weighted by Gasteiger charge is -2.37. The van der Waals surface area contributed by atoms with Crippen molar-refractivity contribution in [2.24, 2.45) is 0 Å². The second kappa shape index (κ2) is 8.57. The third-order valence-electron chi connectivity index (χ3n) is 5.60. The highest BCUT2D eigenvalue weighted by molar-refractivity contribution is 5.85. The molecule has 2 aromatic carbocycles. The van der Waals surface area contributed by atoms with Crippen molar-refractivity contribution in [3.63, 3.8) is 0 Å². The van der Waals surface area contributed by atoms with Crippen LogP contribution in [0.3, 0.4) is 0 Å². The first-order valence-electron chi connectivity index (χ1n) is 10.1. The Bertz CT molecular complexity index is 916. The first kappa shape index (κ1) is 18.7. The number of benzene rings is 2. The Morgan fingerprint density at radius 2 is 1.86 bits per heavy atom. The zero-order valence-electron chi connectivity index (χ0n) is 16.7. The molecule has 0 bridgehead atoms. The van der Waals surface area contributed by atoms with E-state index in [1.165, 1.54) is 16.3 Å². The SMILES string of the molecule is CCOc1nccc(N2CCC(N(C)Cc3cccc4ccccc34)CC2)n1. The fraction of sp³-hybridized carbons (Fsp3) is 0.391. The van der Waals surface area contributed by atoms with Crippen molar-refractivity contribution < 1.29 is 4.74 Å². The number of hydrogen-bond donors (Lipinski definition) is 0. The predicted octanol–water partition coefficient (Wildman–Crippen LogP) is 4.13. The van der Waals surface area contributed by atoms with Gasteiger partial charge < -0.3 is 9.64 Å². The molecular formula is C23H28N4O. The van der Waals surface area contributed by atoms with Gasteiger partial charge in [0.2, 0.25) is 0 Å². The van der Waals surface area contributed by atoms with Crippen molar-refractivity contribution in [2.45, 2.75) is 32.4 Å². The zero-order chi connectivity index (χ0) is 19.3. The zero-order valence-corrected chi connectivity index (χ0v) is 16.7. The molecule has 1 aliphatic heterocycles. The average Bonchev–Trinajstić information content (AvgIpc) is 2.74. The Hall–Kier alpha value is -2.66. The third kappa shape index (κ3) is 4.09. The van der Waals surface area contributed by atoms with Gasteiger partial charge in [0.15, 0.2) is 0 Å². The van der Waals surface area contributed by atoms with E-state index in [1.807, 2.05) is 13.0 Å². The molecule has 4 rings (SSSR count). The maximum atomic E-state index is 5.44. The van der Waals surface area contributed by atoms with Gasteiger partial charge in [0.05, 0.1) is 6.61 Å². The third-order valence-corrected chi connectivity index (χ3v) is 5.60. The van der Waals surface area contributed by atoms with Gasteiger partial charge in [-0.1, -0.05) is 42.5 Å². The molecule has 1 saturated heterocycles. The summed E-state index contributed by atoms with van der Waals surface area (Å²) >= 11 is 0. The van der Waals surface area contributed by atoms with E-state index in [0.717, 1.165) is 38.3 Å². The van der Waals surface area contributed by atoms with Crippen molar-refractivity contribution in [1.29, 1.82) is 0 Å². The lowest BCUT2D eigenvalue weighted by Crippen LogP contribution is -2.43.